The van der Waals surface area contributed by atoms with E-state index in [1.54, 1.807) is 0 Å². The van der Waals surface area contributed by atoms with Crippen LogP contribution in [0.1, 0.15) is 28.2 Å². The molecule has 3 aliphatic rings. The SMILES string of the molecule is C1=CC2c3ccc(N(c4cccc(-c5ccccc5)c4)c4cc5[se]c6cccc7c8cccc9c%10ccccc%10n(c(c4)c5c67)c89)cc3C3(c4ccccc4-c4ccccc43)C2C=C1. The molecule has 3 aliphatic carbocycles. The monoisotopic (exact) mass is 878 g/mol. The van der Waals surface area contributed by atoms with Gasteiger partial charge in [0.15, 0.2) is 0 Å². The second-order valence-corrected chi connectivity index (χ2v) is 20.2. The van der Waals surface area contributed by atoms with E-state index in [9.17, 15) is 0 Å². The zero-order chi connectivity index (χ0) is 41.7. The van der Waals surface area contributed by atoms with Gasteiger partial charge in [-0.25, -0.2) is 0 Å². The van der Waals surface area contributed by atoms with Gasteiger partial charge in [-0.1, -0.05) is 0 Å². The topological polar surface area (TPSA) is 7.65 Å². The van der Waals surface area contributed by atoms with Gasteiger partial charge in [0.05, 0.1) is 0 Å². The van der Waals surface area contributed by atoms with Crippen LogP contribution in [0.5, 0.6) is 0 Å². The molecule has 0 bridgehead atoms. The van der Waals surface area contributed by atoms with Crippen LogP contribution >= 0.6 is 0 Å². The zero-order valence-corrected chi connectivity index (χ0v) is 36.5. The number of para-hydroxylation sites is 2. The third-order valence-electron chi connectivity index (χ3n) is 15.0. The molecule has 0 saturated carbocycles. The molecule has 2 nitrogen and oxygen atoms in total. The van der Waals surface area contributed by atoms with Crippen molar-refractivity contribution in [3.05, 3.63) is 241 Å². The van der Waals surface area contributed by atoms with Crippen molar-refractivity contribution in [1.82, 2.24) is 4.40 Å². The van der Waals surface area contributed by atoms with E-state index in [-0.39, 0.29) is 31.8 Å². The number of nitrogens with zero attached hydrogens (tertiary/aromatic N) is 2. The van der Waals surface area contributed by atoms with Gasteiger partial charge < -0.3 is 0 Å². The Morgan fingerprint density at radius 3 is 1.97 bits per heavy atom. The van der Waals surface area contributed by atoms with E-state index in [1.807, 2.05) is 0 Å². The molecule has 9 aromatic carbocycles. The van der Waals surface area contributed by atoms with Crippen molar-refractivity contribution < 1.29 is 0 Å². The Kier molecular flexibility index (Phi) is 7.04. The average Bonchev–Trinajstić information content (AvgIpc) is 4.06. The third-order valence-corrected chi connectivity index (χ3v) is 17.3. The van der Waals surface area contributed by atoms with Gasteiger partial charge in [-0.2, -0.15) is 0 Å². The Morgan fingerprint density at radius 1 is 0.438 bits per heavy atom. The van der Waals surface area contributed by atoms with E-state index in [1.165, 1.54) is 113 Å². The van der Waals surface area contributed by atoms with E-state index in [0.29, 0.717) is 0 Å². The van der Waals surface area contributed by atoms with Crippen molar-refractivity contribution in [2.75, 3.05) is 4.90 Å². The van der Waals surface area contributed by atoms with Crippen molar-refractivity contribution in [3.63, 3.8) is 0 Å². The first-order valence-electron chi connectivity index (χ1n) is 22.4. The number of benzene rings is 9. The summed E-state index contributed by atoms with van der Waals surface area (Å²) in [5, 5.41) is 8.05. The molecule has 3 heteroatoms. The fraction of sp³-hybridized carbons (Fsp3) is 0.0492. The first kappa shape index (κ1) is 35.1. The van der Waals surface area contributed by atoms with E-state index in [0.717, 1.165) is 5.69 Å². The molecule has 12 aromatic rings. The van der Waals surface area contributed by atoms with Crippen LogP contribution in [0, 0.1) is 5.92 Å². The standard InChI is InChI=1S/C61H38N2Se/c1-2-15-37(16-3-1)38-17-12-18-39(33-38)62(40-31-32-45-44-21-6-10-28-52(44)61(53(45)34-40)50-26-8-4-19-42(50)43-20-5-9-27-51(43)61)41-35-55-59-57(36-41)64-56-30-14-23-47(58(56)59)49-25-13-24-48-46-22-7-11-29-54(46)63(55)60(48)49/h1-36,44,52H. The minimum absolute atomic E-state index is 0.130. The normalized spacial score (nSPS) is 16.8. The molecule has 0 saturated heterocycles. The van der Waals surface area contributed by atoms with Crippen LogP contribution in [0.2, 0.25) is 0 Å². The molecule has 0 N–H and O–H groups in total. The summed E-state index contributed by atoms with van der Waals surface area (Å²) >= 11 is 0.130. The molecular formula is C61H38N2Se. The average molecular weight is 878 g/mol. The van der Waals surface area contributed by atoms with Crippen LogP contribution in [0.4, 0.5) is 17.1 Å². The number of allylic oxidation sites excluding steroid dienone is 4. The molecular weight excluding hydrogens is 840 g/mol. The molecule has 298 valence electrons. The van der Waals surface area contributed by atoms with Crippen LogP contribution in [0.25, 0.3) is 79.6 Å². The zero-order valence-electron chi connectivity index (χ0n) is 34.7. The van der Waals surface area contributed by atoms with Gasteiger partial charge in [-0.15, -0.1) is 0 Å². The molecule has 0 radical (unpaired) electrons. The molecule has 64 heavy (non-hydrogen) atoms. The molecule has 2 atom stereocenters. The van der Waals surface area contributed by atoms with Gasteiger partial charge in [0.25, 0.3) is 0 Å². The second kappa shape index (κ2) is 12.8. The Balaban J connectivity index is 1.07. The summed E-state index contributed by atoms with van der Waals surface area (Å²) in [4.78, 5) is 2.57. The number of aromatic nitrogens is 1. The van der Waals surface area contributed by atoms with Gasteiger partial charge in [-0.05, 0) is 0 Å². The molecule has 15 rings (SSSR count). The Labute approximate surface area is 376 Å². The molecule has 3 heterocycles. The maximum absolute atomic E-state index is 2.60. The maximum atomic E-state index is 2.60. The van der Waals surface area contributed by atoms with Gasteiger partial charge in [0.2, 0.25) is 0 Å². The molecule has 0 aliphatic heterocycles. The van der Waals surface area contributed by atoms with Gasteiger partial charge in [-0.3, -0.25) is 0 Å². The summed E-state index contributed by atoms with van der Waals surface area (Å²) in [6, 6.07) is 73.8. The third kappa shape index (κ3) is 4.45. The van der Waals surface area contributed by atoms with E-state index in [2.05, 4.69) is 228 Å². The van der Waals surface area contributed by atoms with Gasteiger partial charge in [0.1, 0.15) is 0 Å². The van der Waals surface area contributed by atoms with Gasteiger partial charge in [0, 0.05) is 0 Å². The van der Waals surface area contributed by atoms with Crippen molar-refractivity contribution >= 4 is 89.0 Å². The van der Waals surface area contributed by atoms with E-state index >= 15 is 0 Å². The first-order valence-corrected chi connectivity index (χ1v) is 24.1. The van der Waals surface area contributed by atoms with Crippen molar-refractivity contribution in [2.24, 2.45) is 5.92 Å². The van der Waals surface area contributed by atoms with E-state index in [4.69, 9.17) is 0 Å². The molecule has 0 fully saturated rings. The number of anilines is 3. The van der Waals surface area contributed by atoms with Crippen molar-refractivity contribution in [3.8, 4) is 22.3 Å². The Hall–Kier alpha value is -7.42. The molecule has 1 spiro atoms. The predicted molar refractivity (Wildman–Crippen MR) is 269 cm³/mol. The summed E-state index contributed by atoms with van der Waals surface area (Å²) in [5.74, 6) is 0.534. The second-order valence-electron chi connectivity index (χ2n) is 17.9. The molecule has 3 aromatic heterocycles. The van der Waals surface area contributed by atoms with Crippen molar-refractivity contribution in [2.45, 2.75) is 11.3 Å². The number of fused-ring (bicyclic) bond motifs is 15. The fourth-order valence-electron chi connectivity index (χ4n) is 12.6. The molecule has 0 amide bonds. The predicted octanol–water partition coefficient (Wildman–Crippen LogP) is 15.5. The Bertz CT molecular complexity index is 3950. The van der Waals surface area contributed by atoms with Crippen LogP contribution in [-0.4, -0.2) is 18.9 Å². The number of hydrogen-bond donors (Lipinski definition) is 0. The summed E-state index contributed by atoms with van der Waals surface area (Å²) in [5.41, 5.74) is 17.7. The fourth-order valence-corrected chi connectivity index (χ4v) is 15.0. The van der Waals surface area contributed by atoms with Crippen LogP contribution in [0.3, 0.4) is 0 Å². The summed E-state index contributed by atoms with van der Waals surface area (Å²) in [7, 11) is 0. The molecule has 2 unspecified atom stereocenters. The summed E-state index contributed by atoms with van der Waals surface area (Å²) in [6.45, 7) is 0. The van der Waals surface area contributed by atoms with Crippen LogP contribution in [-0.2, 0) is 5.41 Å². The van der Waals surface area contributed by atoms with Crippen LogP contribution in [0.15, 0.2) is 218 Å². The Morgan fingerprint density at radius 2 is 1.11 bits per heavy atom. The number of hydrogen-bond acceptors (Lipinski definition) is 1. The number of rotatable bonds is 4. The summed E-state index contributed by atoms with van der Waals surface area (Å²) in [6.07, 6.45) is 9.48. The van der Waals surface area contributed by atoms with Crippen molar-refractivity contribution in [1.29, 1.82) is 0 Å². The van der Waals surface area contributed by atoms with Crippen LogP contribution < -0.4 is 4.90 Å². The quantitative estimate of drug-likeness (QED) is 0.160. The van der Waals surface area contributed by atoms with E-state index < -0.39 is 0 Å². The summed E-state index contributed by atoms with van der Waals surface area (Å²) < 4.78 is 5.49. The first-order chi connectivity index (χ1) is 31.8. The minimum atomic E-state index is -0.329. The van der Waals surface area contributed by atoms with Gasteiger partial charge >= 0.3 is 378 Å².